The fourth-order valence-corrected chi connectivity index (χ4v) is 2.29. The molecule has 1 saturated heterocycles. The molecule has 1 atom stereocenters. The van der Waals surface area contributed by atoms with E-state index >= 15 is 0 Å². The molecule has 0 spiro atoms. The van der Waals surface area contributed by atoms with Crippen molar-refractivity contribution in [2.45, 2.75) is 45.6 Å². The minimum absolute atomic E-state index is 0.00575. The largest absolute Gasteiger partial charge is 0.481 e. The number of nitrogens with one attached hydrogen (secondary N) is 1. The Bertz CT molecular complexity index is 355. The van der Waals surface area contributed by atoms with Gasteiger partial charge in [-0.1, -0.05) is 13.8 Å². The zero-order chi connectivity index (χ0) is 14.4. The van der Waals surface area contributed by atoms with Gasteiger partial charge >= 0.3 is 5.97 Å². The van der Waals surface area contributed by atoms with Crippen molar-refractivity contribution >= 4 is 17.8 Å². The fraction of sp³-hybridized carbons (Fsp3) is 0.769. The number of likely N-dealkylation sites (tertiary alicyclic amines) is 1. The van der Waals surface area contributed by atoms with Crippen molar-refractivity contribution in [1.29, 1.82) is 0 Å². The van der Waals surface area contributed by atoms with Gasteiger partial charge in [-0.15, -0.1) is 0 Å². The van der Waals surface area contributed by atoms with E-state index in [0.29, 0.717) is 25.3 Å². The van der Waals surface area contributed by atoms with Crippen LogP contribution < -0.4 is 5.32 Å². The number of carboxylic acids is 1. The summed E-state index contributed by atoms with van der Waals surface area (Å²) in [5.74, 6) is -0.905. The molecule has 0 unspecified atom stereocenters. The molecule has 108 valence electrons. The predicted octanol–water partition coefficient (Wildman–Crippen LogP) is 0.614. The van der Waals surface area contributed by atoms with Crippen LogP contribution in [-0.2, 0) is 14.4 Å². The number of carbonyl (C=O) groups excluding carboxylic acids is 2. The summed E-state index contributed by atoms with van der Waals surface area (Å²) in [4.78, 5) is 35.5. The minimum Gasteiger partial charge on any atom is -0.481 e. The zero-order valence-corrected chi connectivity index (χ0v) is 11.5. The number of hydrogen-bond acceptors (Lipinski definition) is 3. The van der Waals surface area contributed by atoms with E-state index in [4.69, 9.17) is 5.11 Å². The van der Waals surface area contributed by atoms with Gasteiger partial charge in [-0.3, -0.25) is 14.4 Å². The highest BCUT2D eigenvalue weighted by atomic mass is 16.4. The van der Waals surface area contributed by atoms with E-state index in [-0.39, 0.29) is 30.8 Å². The van der Waals surface area contributed by atoms with Gasteiger partial charge in [-0.2, -0.15) is 0 Å². The average Bonchev–Trinajstić information content (AvgIpc) is 2.61. The van der Waals surface area contributed by atoms with Gasteiger partial charge in [0, 0.05) is 19.0 Å². The van der Waals surface area contributed by atoms with Crippen LogP contribution in [0.2, 0.25) is 0 Å². The molecule has 1 heterocycles. The molecule has 0 radical (unpaired) electrons. The molecule has 0 aliphatic carbocycles. The normalized spacial score (nSPS) is 16.8. The van der Waals surface area contributed by atoms with Gasteiger partial charge in [0.2, 0.25) is 11.8 Å². The van der Waals surface area contributed by atoms with Crippen LogP contribution in [0.3, 0.4) is 0 Å². The van der Waals surface area contributed by atoms with E-state index in [2.05, 4.69) is 5.32 Å². The molecule has 1 aliphatic rings. The van der Waals surface area contributed by atoms with Gasteiger partial charge in [0.1, 0.15) is 0 Å². The van der Waals surface area contributed by atoms with Crippen LogP contribution in [0.1, 0.15) is 39.5 Å². The third-order valence-electron chi connectivity index (χ3n) is 3.05. The first-order valence-electron chi connectivity index (χ1n) is 6.67. The first kappa shape index (κ1) is 15.5. The van der Waals surface area contributed by atoms with Gasteiger partial charge in [0.15, 0.2) is 0 Å². The van der Waals surface area contributed by atoms with Crippen LogP contribution in [-0.4, -0.2) is 46.9 Å². The lowest BCUT2D eigenvalue weighted by atomic mass is 10.0. The highest BCUT2D eigenvalue weighted by molar-refractivity contribution is 5.86. The van der Waals surface area contributed by atoms with Crippen LogP contribution in [0.25, 0.3) is 0 Å². The molecule has 1 fully saturated rings. The Hall–Kier alpha value is -1.59. The molecular weight excluding hydrogens is 248 g/mol. The van der Waals surface area contributed by atoms with Crippen molar-refractivity contribution in [3.63, 3.8) is 0 Å². The second-order valence-electron chi connectivity index (χ2n) is 5.41. The van der Waals surface area contributed by atoms with E-state index in [1.54, 1.807) is 0 Å². The van der Waals surface area contributed by atoms with Crippen LogP contribution in [0.4, 0.5) is 0 Å². The van der Waals surface area contributed by atoms with Gasteiger partial charge < -0.3 is 15.3 Å². The van der Waals surface area contributed by atoms with Crippen molar-refractivity contribution in [1.82, 2.24) is 10.2 Å². The summed E-state index contributed by atoms with van der Waals surface area (Å²) < 4.78 is 0. The summed E-state index contributed by atoms with van der Waals surface area (Å²) in [7, 11) is 0. The zero-order valence-electron chi connectivity index (χ0n) is 11.5. The molecular formula is C13H22N2O4. The van der Waals surface area contributed by atoms with E-state index in [0.717, 1.165) is 6.42 Å². The summed E-state index contributed by atoms with van der Waals surface area (Å²) >= 11 is 0. The maximum atomic E-state index is 11.8. The number of amides is 2. The van der Waals surface area contributed by atoms with Crippen LogP contribution in [0.15, 0.2) is 0 Å². The Balaban J connectivity index is 2.45. The third kappa shape index (κ3) is 5.72. The standard InChI is InChI=1S/C13H22N2O4/c1-9(2)6-10(7-13(18)19)14-11(16)8-15-5-3-4-12(15)17/h9-10H,3-8H2,1-2H3,(H,14,16)(H,18,19)/t10-/m1/s1. The molecule has 6 nitrogen and oxygen atoms in total. The molecule has 0 aromatic carbocycles. The van der Waals surface area contributed by atoms with E-state index in [1.807, 2.05) is 13.8 Å². The molecule has 1 rings (SSSR count). The Morgan fingerprint density at radius 1 is 1.42 bits per heavy atom. The molecule has 0 aromatic rings. The van der Waals surface area contributed by atoms with Crippen LogP contribution in [0, 0.1) is 5.92 Å². The number of nitrogens with zero attached hydrogens (tertiary/aromatic N) is 1. The van der Waals surface area contributed by atoms with Gasteiger partial charge in [0.05, 0.1) is 13.0 Å². The summed E-state index contributed by atoms with van der Waals surface area (Å²) in [6.07, 6.45) is 1.82. The Labute approximate surface area is 113 Å². The summed E-state index contributed by atoms with van der Waals surface area (Å²) in [6.45, 7) is 4.60. The van der Waals surface area contributed by atoms with Crippen molar-refractivity contribution in [2.24, 2.45) is 5.92 Å². The highest BCUT2D eigenvalue weighted by Gasteiger charge is 2.24. The number of hydrogen-bond donors (Lipinski definition) is 2. The van der Waals surface area contributed by atoms with Crippen LogP contribution in [0.5, 0.6) is 0 Å². The monoisotopic (exact) mass is 270 g/mol. The van der Waals surface area contributed by atoms with Crippen molar-refractivity contribution < 1.29 is 19.5 Å². The smallest absolute Gasteiger partial charge is 0.305 e. The molecule has 1 aliphatic heterocycles. The maximum Gasteiger partial charge on any atom is 0.305 e. The van der Waals surface area contributed by atoms with Gasteiger partial charge in [-0.05, 0) is 18.8 Å². The fourth-order valence-electron chi connectivity index (χ4n) is 2.29. The third-order valence-corrected chi connectivity index (χ3v) is 3.05. The molecule has 2 N–H and O–H groups in total. The van der Waals surface area contributed by atoms with Gasteiger partial charge in [-0.25, -0.2) is 0 Å². The van der Waals surface area contributed by atoms with E-state index in [9.17, 15) is 14.4 Å². The Kier molecular flexibility index (Phi) is 5.79. The lowest BCUT2D eigenvalue weighted by molar-refractivity contribution is -0.138. The first-order valence-corrected chi connectivity index (χ1v) is 6.67. The second-order valence-corrected chi connectivity index (χ2v) is 5.41. The van der Waals surface area contributed by atoms with Crippen molar-refractivity contribution in [2.75, 3.05) is 13.1 Å². The predicted molar refractivity (Wildman–Crippen MR) is 69.5 cm³/mol. The highest BCUT2D eigenvalue weighted by Crippen LogP contribution is 2.10. The lowest BCUT2D eigenvalue weighted by Gasteiger charge is -2.21. The minimum atomic E-state index is -0.928. The molecule has 2 amide bonds. The van der Waals surface area contributed by atoms with E-state index < -0.39 is 5.97 Å². The quantitative estimate of drug-likeness (QED) is 0.710. The molecule has 0 bridgehead atoms. The first-order chi connectivity index (χ1) is 8.88. The topological polar surface area (TPSA) is 86.7 Å². The van der Waals surface area contributed by atoms with Gasteiger partial charge in [0.25, 0.3) is 0 Å². The SMILES string of the molecule is CC(C)C[C@H](CC(=O)O)NC(=O)CN1CCCC1=O. The molecule has 19 heavy (non-hydrogen) atoms. The summed E-state index contributed by atoms with van der Waals surface area (Å²) in [5, 5.41) is 11.5. The Morgan fingerprint density at radius 2 is 2.11 bits per heavy atom. The van der Waals surface area contributed by atoms with E-state index in [1.165, 1.54) is 4.90 Å². The maximum absolute atomic E-state index is 11.8. The summed E-state index contributed by atoms with van der Waals surface area (Å²) in [6, 6.07) is -0.372. The number of carboxylic acid groups (broad SMARTS) is 1. The summed E-state index contributed by atoms with van der Waals surface area (Å²) in [5.41, 5.74) is 0. The van der Waals surface area contributed by atoms with Crippen LogP contribution >= 0.6 is 0 Å². The molecule has 0 aromatic heterocycles. The lowest BCUT2D eigenvalue weighted by Crippen LogP contribution is -2.43. The number of aliphatic carboxylic acids is 1. The number of rotatable bonds is 7. The van der Waals surface area contributed by atoms with Crippen molar-refractivity contribution in [3.05, 3.63) is 0 Å². The second kappa shape index (κ2) is 7.11. The Morgan fingerprint density at radius 3 is 2.58 bits per heavy atom. The van der Waals surface area contributed by atoms with Crippen molar-refractivity contribution in [3.8, 4) is 0 Å². The molecule has 6 heteroatoms. The molecule has 0 saturated carbocycles. The average molecular weight is 270 g/mol. The number of carbonyl (C=O) groups is 3.